The van der Waals surface area contributed by atoms with E-state index in [0.29, 0.717) is 19.0 Å². The van der Waals surface area contributed by atoms with E-state index < -0.39 is 12.2 Å². The summed E-state index contributed by atoms with van der Waals surface area (Å²) in [6, 6.07) is 9.71. The highest BCUT2D eigenvalue weighted by molar-refractivity contribution is 5.94. The number of ether oxygens (including phenoxy) is 4. The first-order chi connectivity index (χ1) is 15.1. The molecule has 0 fully saturated rings. The van der Waals surface area contributed by atoms with Crippen molar-refractivity contribution in [2.75, 3.05) is 39.6 Å². The molecule has 2 rings (SSSR count). The van der Waals surface area contributed by atoms with E-state index in [1.165, 1.54) is 0 Å². The van der Waals surface area contributed by atoms with Crippen LogP contribution in [0.3, 0.4) is 0 Å². The number of aliphatic hydroxyl groups excluding tert-OH is 2. The van der Waals surface area contributed by atoms with Gasteiger partial charge in [0.2, 0.25) is 0 Å². The van der Waals surface area contributed by atoms with E-state index in [1.807, 2.05) is 37.3 Å². The molecule has 0 saturated heterocycles. The molecule has 174 valence electrons. The molecule has 0 aromatic heterocycles. The van der Waals surface area contributed by atoms with Gasteiger partial charge < -0.3 is 29.2 Å². The maximum Gasteiger partial charge on any atom is 0.130 e. The Bertz CT molecular complexity index is 763. The maximum atomic E-state index is 10.2. The summed E-state index contributed by atoms with van der Waals surface area (Å²) < 4.78 is 22.8. The number of hydrogen-bond donors (Lipinski definition) is 2. The summed E-state index contributed by atoms with van der Waals surface area (Å²) in [5, 5.41) is 22.1. The van der Waals surface area contributed by atoms with E-state index in [1.54, 1.807) is 0 Å². The van der Waals surface area contributed by atoms with E-state index in [4.69, 9.17) is 18.9 Å². The van der Waals surface area contributed by atoms with E-state index in [0.717, 1.165) is 47.8 Å². The van der Waals surface area contributed by atoms with E-state index in [-0.39, 0.29) is 26.4 Å². The van der Waals surface area contributed by atoms with Crippen molar-refractivity contribution in [2.24, 2.45) is 0 Å². The number of unbranched alkanes of at least 4 members (excludes halogenated alkanes) is 2. The SMILES string of the molecule is CCCCOCC(O)COc1cccc2c(OCC(O)COCCCC)c(C)ccc12. The van der Waals surface area contributed by atoms with Crippen LogP contribution in [0.25, 0.3) is 10.8 Å². The lowest BCUT2D eigenvalue weighted by atomic mass is 10.1. The fourth-order valence-corrected chi connectivity index (χ4v) is 3.12. The third-order valence-electron chi connectivity index (χ3n) is 4.93. The molecule has 2 aromatic rings. The smallest absolute Gasteiger partial charge is 0.130 e. The Labute approximate surface area is 186 Å². The first-order valence-corrected chi connectivity index (χ1v) is 11.4. The lowest BCUT2D eigenvalue weighted by molar-refractivity contribution is 0.0113. The number of fused-ring (bicyclic) bond motifs is 1. The van der Waals surface area contributed by atoms with Crippen molar-refractivity contribution in [3.63, 3.8) is 0 Å². The molecule has 0 aliphatic carbocycles. The quantitative estimate of drug-likeness (QED) is 0.385. The zero-order valence-electron chi connectivity index (χ0n) is 19.1. The average molecular weight is 435 g/mol. The van der Waals surface area contributed by atoms with E-state index >= 15 is 0 Å². The lowest BCUT2D eigenvalue weighted by Crippen LogP contribution is -2.24. The first-order valence-electron chi connectivity index (χ1n) is 11.4. The third kappa shape index (κ3) is 8.65. The highest BCUT2D eigenvalue weighted by atomic mass is 16.5. The van der Waals surface area contributed by atoms with Crippen LogP contribution in [0.15, 0.2) is 30.3 Å². The van der Waals surface area contributed by atoms with Crippen molar-refractivity contribution in [2.45, 2.75) is 58.7 Å². The molecule has 0 aliphatic heterocycles. The Morgan fingerprint density at radius 2 is 1.35 bits per heavy atom. The van der Waals surface area contributed by atoms with Gasteiger partial charge in [-0.3, -0.25) is 0 Å². The second-order valence-corrected chi connectivity index (χ2v) is 7.85. The van der Waals surface area contributed by atoms with Gasteiger partial charge in [-0.1, -0.05) is 51.0 Å². The summed E-state index contributed by atoms with van der Waals surface area (Å²) in [4.78, 5) is 0. The predicted octanol–water partition coefficient (Wildman–Crippen LogP) is 4.26. The summed E-state index contributed by atoms with van der Waals surface area (Å²) in [5.74, 6) is 1.40. The van der Waals surface area contributed by atoms with Gasteiger partial charge in [0.25, 0.3) is 0 Å². The minimum atomic E-state index is -0.686. The molecule has 0 bridgehead atoms. The van der Waals surface area contributed by atoms with Crippen molar-refractivity contribution in [1.82, 2.24) is 0 Å². The van der Waals surface area contributed by atoms with Crippen LogP contribution >= 0.6 is 0 Å². The van der Waals surface area contributed by atoms with Gasteiger partial charge in [-0.25, -0.2) is 0 Å². The van der Waals surface area contributed by atoms with Gasteiger partial charge in [0.1, 0.15) is 36.9 Å². The molecule has 2 unspecified atom stereocenters. The largest absolute Gasteiger partial charge is 0.490 e. The van der Waals surface area contributed by atoms with Crippen LogP contribution in [-0.4, -0.2) is 62.1 Å². The number of aliphatic hydroxyl groups is 2. The molecular formula is C25H38O6. The predicted molar refractivity (Wildman–Crippen MR) is 123 cm³/mol. The van der Waals surface area contributed by atoms with Crippen molar-refractivity contribution >= 4 is 10.8 Å². The Balaban J connectivity index is 1.98. The van der Waals surface area contributed by atoms with Gasteiger partial charge in [0, 0.05) is 24.0 Å². The fourth-order valence-electron chi connectivity index (χ4n) is 3.12. The van der Waals surface area contributed by atoms with Crippen LogP contribution in [0.5, 0.6) is 11.5 Å². The Hall–Kier alpha value is -1.86. The number of rotatable bonds is 16. The summed E-state index contributed by atoms with van der Waals surface area (Å²) in [6.45, 7) is 8.32. The fraction of sp³-hybridized carbons (Fsp3) is 0.600. The summed E-state index contributed by atoms with van der Waals surface area (Å²) >= 11 is 0. The number of aryl methyl sites for hydroxylation is 1. The molecule has 0 amide bonds. The summed E-state index contributed by atoms with van der Waals surface area (Å²) in [6.07, 6.45) is 2.73. The molecule has 31 heavy (non-hydrogen) atoms. The molecule has 6 nitrogen and oxygen atoms in total. The molecule has 6 heteroatoms. The Morgan fingerprint density at radius 3 is 1.97 bits per heavy atom. The summed E-state index contributed by atoms with van der Waals surface area (Å²) in [5.41, 5.74) is 0.980. The second kappa shape index (κ2) is 14.2. The molecule has 2 aromatic carbocycles. The van der Waals surface area contributed by atoms with Gasteiger partial charge >= 0.3 is 0 Å². The van der Waals surface area contributed by atoms with Gasteiger partial charge in [0.05, 0.1) is 13.2 Å². The Kier molecular flexibility index (Phi) is 11.7. The molecule has 0 saturated carbocycles. The number of hydrogen-bond acceptors (Lipinski definition) is 6. The van der Waals surface area contributed by atoms with Gasteiger partial charge in [-0.15, -0.1) is 0 Å². The van der Waals surface area contributed by atoms with Gasteiger partial charge in [-0.05, 0) is 31.4 Å². The summed E-state index contributed by atoms with van der Waals surface area (Å²) in [7, 11) is 0. The van der Waals surface area contributed by atoms with Crippen LogP contribution in [0.2, 0.25) is 0 Å². The molecule has 0 spiro atoms. The highest BCUT2D eigenvalue weighted by Crippen LogP contribution is 2.35. The zero-order valence-corrected chi connectivity index (χ0v) is 19.1. The van der Waals surface area contributed by atoms with E-state index in [9.17, 15) is 10.2 Å². The van der Waals surface area contributed by atoms with Crippen LogP contribution in [0.1, 0.15) is 45.1 Å². The van der Waals surface area contributed by atoms with Crippen molar-refractivity contribution in [1.29, 1.82) is 0 Å². The van der Waals surface area contributed by atoms with E-state index in [2.05, 4.69) is 13.8 Å². The molecule has 0 radical (unpaired) electrons. The average Bonchev–Trinajstić information content (AvgIpc) is 2.77. The van der Waals surface area contributed by atoms with Crippen molar-refractivity contribution in [3.8, 4) is 11.5 Å². The van der Waals surface area contributed by atoms with Crippen molar-refractivity contribution < 1.29 is 29.2 Å². The topological polar surface area (TPSA) is 77.4 Å². The molecule has 0 aliphatic rings. The maximum absolute atomic E-state index is 10.2. The van der Waals surface area contributed by atoms with Gasteiger partial charge in [-0.2, -0.15) is 0 Å². The Morgan fingerprint density at radius 1 is 0.742 bits per heavy atom. The minimum absolute atomic E-state index is 0.156. The lowest BCUT2D eigenvalue weighted by Gasteiger charge is -2.18. The molecular weight excluding hydrogens is 396 g/mol. The monoisotopic (exact) mass is 434 g/mol. The van der Waals surface area contributed by atoms with Crippen LogP contribution in [-0.2, 0) is 9.47 Å². The third-order valence-corrected chi connectivity index (χ3v) is 4.93. The zero-order chi connectivity index (χ0) is 22.5. The number of benzene rings is 2. The standard InChI is InChI=1S/C25H38O6/c1-4-6-13-28-15-20(26)17-30-24-10-8-9-23-22(24)12-11-19(3)25(23)31-18-21(27)16-29-14-7-5-2/h8-12,20-21,26-27H,4-7,13-18H2,1-3H3. The van der Waals surface area contributed by atoms with Crippen molar-refractivity contribution in [3.05, 3.63) is 35.9 Å². The highest BCUT2D eigenvalue weighted by Gasteiger charge is 2.14. The minimum Gasteiger partial charge on any atom is -0.490 e. The van der Waals surface area contributed by atoms with Gasteiger partial charge in [0.15, 0.2) is 0 Å². The second-order valence-electron chi connectivity index (χ2n) is 7.85. The first kappa shape index (κ1) is 25.4. The molecule has 2 atom stereocenters. The molecule has 0 heterocycles. The normalized spacial score (nSPS) is 13.3. The van der Waals surface area contributed by atoms with Crippen LogP contribution in [0, 0.1) is 6.92 Å². The van der Waals surface area contributed by atoms with Crippen LogP contribution in [0.4, 0.5) is 0 Å². The van der Waals surface area contributed by atoms with Crippen LogP contribution < -0.4 is 9.47 Å². The molecule has 2 N–H and O–H groups in total.